The molecular weight excluding hydrogens is 202 g/mol. The third kappa shape index (κ3) is 2.05. The fourth-order valence-corrected chi connectivity index (χ4v) is 2.95. The Balaban J connectivity index is 2.45. The molecule has 0 radical (unpaired) electrons. The normalized spacial score (nSPS) is 11.5. The van der Waals surface area contributed by atoms with Crippen LogP contribution in [0.3, 0.4) is 0 Å². The van der Waals surface area contributed by atoms with Crippen molar-refractivity contribution in [2.24, 2.45) is 0 Å². The van der Waals surface area contributed by atoms with Crippen LogP contribution in [0.15, 0.2) is 18.2 Å². The molecule has 0 unspecified atom stereocenters. The lowest BCUT2D eigenvalue weighted by Crippen LogP contribution is -1.94. The van der Waals surface area contributed by atoms with Crippen LogP contribution in [0.2, 0.25) is 0 Å². The van der Waals surface area contributed by atoms with Crippen LogP contribution < -0.4 is 0 Å². The van der Waals surface area contributed by atoms with Crippen molar-refractivity contribution >= 4 is 21.6 Å². The Bertz CT molecular complexity index is 455. The highest BCUT2D eigenvalue weighted by atomic mass is 32.1. The summed E-state index contributed by atoms with van der Waals surface area (Å²) in [5, 5.41) is 1.16. The van der Waals surface area contributed by atoms with Crippen LogP contribution in [0.5, 0.6) is 0 Å². The van der Waals surface area contributed by atoms with Crippen LogP contribution in [0, 0.1) is 6.92 Å². The summed E-state index contributed by atoms with van der Waals surface area (Å²) in [6.45, 7) is 6.59. The summed E-state index contributed by atoms with van der Waals surface area (Å²) >= 11 is 1.79. The molecule has 0 spiro atoms. The van der Waals surface area contributed by atoms with Crippen LogP contribution in [0.4, 0.5) is 0 Å². The van der Waals surface area contributed by atoms with Gasteiger partial charge in [-0.15, -0.1) is 11.3 Å². The SMILES string of the molecule is CCC(CC)c1ccc2nc(C)sc2c1. The number of aryl methyl sites for hydroxylation is 1. The second-order valence-corrected chi connectivity index (χ2v) is 5.21. The number of aromatic nitrogens is 1. The smallest absolute Gasteiger partial charge is 0.0907 e. The Labute approximate surface area is 95.2 Å². The Kier molecular flexibility index (Phi) is 3.06. The quantitative estimate of drug-likeness (QED) is 0.740. The van der Waals surface area contributed by atoms with E-state index in [1.807, 2.05) is 0 Å². The van der Waals surface area contributed by atoms with E-state index in [1.165, 1.54) is 23.1 Å². The highest BCUT2D eigenvalue weighted by Crippen LogP contribution is 2.28. The molecule has 2 aromatic rings. The molecule has 0 atom stereocenters. The summed E-state index contributed by atoms with van der Waals surface area (Å²) in [5.41, 5.74) is 2.61. The van der Waals surface area contributed by atoms with Gasteiger partial charge in [0, 0.05) is 0 Å². The molecule has 80 valence electrons. The highest BCUT2D eigenvalue weighted by Gasteiger charge is 2.08. The lowest BCUT2D eigenvalue weighted by molar-refractivity contribution is 0.643. The molecule has 1 aromatic carbocycles. The molecule has 1 nitrogen and oxygen atoms in total. The van der Waals surface area contributed by atoms with Gasteiger partial charge in [-0.05, 0) is 43.4 Å². The molecule has 0 fully saturated rings. The first-order chi connectivity index (χ1) is 7.24. The topological polar surface area (TPSA) is 12.9 Å². The van der Waals surface area contributed by atoms with E-state index in [0.717, 1.165) is 10.5 Å². The molecule has 0 aliphatic heterocycles. The van der Waals surface area contributed by atoms with Crippen molar-refractivity contribution in [3.05, 3.63) is 28.8 Å². The van der Waals surface area contributed by atoms with Gasteiger partial charge in [0.05, 0.1) is 15.2 Å². The van der Waals surface area contributed by atoms with Gasteiger partial charge in [0.2, 0.25) is 0 Å². The van der Waals surface area contributed by atoms with E-state index in [1.54, 1.807) is 11.3 Å². The van der Waals surface area contributed by atoms with Crippen molar-refractivity contribution < 1.29 is 0 Å². The molecule has 0 bridgehead atoms. The Morgan fingerprint density at radius 1 is 1.27 bits per heavy atom. The minimum atomic E-state index is 0.705. The van der Waals surface area contributed by atoms with Gasteiger partial charge in [-0.3, -0.25) is 0 Å². The van der Waals surface area contributed by atoms with Gasteiger partial charge < -0.3 is 0 Å². The summed E-state index contributed by atoms with van der Waals surface area (Å²) < 4.78 is 1.33. The van der Waals surface area contributed by atoms with E-state index in [0.29, 0.717) is 5.92 Å². The van der Waals surface area contributed by atoms with Crippen LogP contribution >= 0.6 is 11.3 Å². The van der Waals surface area contributed by atoms with Crippen molar-refractivity contribution in [1.29, 1.82) is 0 Å². The van der Waals surface area contributed by atoms with Gasteiger partial charge in [0.15, 0.2) is 0 Å². The van der Waals surface area contributed by atoms with E-state index >= 15 is 0 Å². The minimum absolute atomic E-state index is 0.705. The molecule has 0 saturated carbocycles. The van der Waals surface area contributed by atoms with Gasteiger partial charge in [-0.25, -0.2) is 4.98 Å². The monoisotopic (exact) mass is 219 g/mol. The number of hydrogen-bond donors (Lipinski definition) is 0. The van der Waals surface area contributed by atoms with Crippen LogP contribution in [-0.4, -0.2) is 4.98 Å². The average Bonchev–Trinajstić information content (AvgIpc) is 2.59. The van der Waals surface area contributed by atoms with Crippen LogP contribution in [0.25, 0.3) is 10.2 Å². The number of benzene rings is 1. The predicted molar refractivity (Wildman–Crippen MR) is 67.7 cm³/mol. The number of thiazole rings is 1. The molecule has 1 aromatic heterocycles. The van der Waals surface area contributed by atoms with Gasteiger partial charge in [-0.2, -0.15) is 0 Å². The number of hydrogen-bond acceptors (Lipinski definition) is 2. The third-order valence-corrected chi connectivity index (χ3v) is 3.91. The van der Waals surface area contributed by atoms with E-state index in [4.69, 9.17) is 0 Å². The van der Waals surface area contributed by atoms with Crippen molar-refractivity contribution in [1.82, 2.24) is 4.98 Å². The molecule has 2 heteroatoms. The van der Waals surface area contributed by atoms with E-state index < -0.39 is 0 Å². The number of rotatable bonds is 3. The zero-order valence-electron chi connectivity index (χ0n) is 9.58. The summed E-state index contributed by atoms with van der Waals surface area (Å²) in [7, 11) is 0. The van der Waals surface area contributed by atoms with Gasteiger partial charge in [0.1, 0.15) is 0 Å². The summed E-state index contributed by atoms with van der Waals surface area (Å²) in [6, 6.07) is 6.71. The molecular formula is C13H17NS. The standard InChI is InChI=1S/C13H17NS/c1-4-10(5-2)11-6-7-12-13(8-11)15-9(3)14-12/h6-8,10H,4-5H2,1-3H3. The Morgan fingerprint density at radius 3 is 2.67 bits per heavy atom. The van der Waals surface area contributed by atoms with E-state index in [9.17, 15) is 0 Å². The maximum Gasteiger partial charge on any atom is 0.0907 e. The molecule has 0 saturated heterocycles. The zero-order chi connectivity index (χ0) is 10.8. The van der Waals surface area contributed by atoms with Crippen LogP contribution in [-0.2, 0) is 0 Å². The van der Waals surface area contributed by atoms with Crippen molar-refractivity contribution in [2.45, 2.75) is 39.5 Å². The molecule has 0 aliphatic carbocycles. The van der Waals surface area contributed by atoms with Crippen molar-refractivity contribution in [2.75, 3.05) is 0 Å². The summed E-state index contributed by atoms with van der Waals surface area (Å²) in [6.07, 6.45) is 2.44. The molecule has 1 heterocycles. The lowest BCUT2D eigenvalue weighted by atomic mass is 9.94. The molecule has 2 rings (SSSR count). The first kappa shape index (κ1) is 10.6. The first-order valence-corrected chi connectivity index (χ1v) is 6.43. The maximum absolute atomic E-state index is 4.48. The lowest BCUT2D eigenvalue weighted by Gasteiger charge is -2.12. The highest BCUT2D eigenvalue weighted by molar-refractivity contribution is 7.18. The fourth-order valence-electron chi connectivity index (χ4n) is 2.07. The summed E-state index contributed by atoms with van der Waals surface area (Å²) in [4.78, 5) is 4.48. The third-order valence-electron chi connectivity index (χ3n) is 2.98. The van der Waals surface area contributed by atoms with Crippen molar-refractivity contribution in [3.8, 4) is 0 Å². The molecule has 0 aliphatic rings. The number of nitrogens with zero attached hydrogens (tertiary/aromatic N) is 1. The van der Waals surface area contributed by atoms with Crippen LogP contribution in [0.1, 0.15) is 43.2 Å². The maximum atomic E-state index is 4.48. The van der Waals surface area contributed by atoms with Crippen molar-refractivity contribution in [3.63, 3.8) is 0 Å². The molecule has 0 N–H and O–H groups in total. The Morgan fingerprint density at radius 2 is 2.00 bits per heavy atom. The van der Waals surface area contributed by atoms with E-state index in [-0.39, 0.29) is 0 Å². The average molecular weight is 219 g/mol. The second kappa shape index (κ2) is 4.31. The van der Waals surface area contributed by atoms with E-state index in [2.05, 4.69) is 44.0 Å². The number of fused-ring (bicyclic) bond motifs is 1. The summed E-state index contributed by atoms with van der Waals surface area (Å²) in [5.74, 6) is 0.705. The zero-order valence-corrected chi connectivity index (χ0v) is 10.4. The van der Waals surface area contributed by atoms with Gasteiger partial charge in [0.25, 0.3) is 0 Å². The largest absolute Gasteiger partial charge is 0.242 e. The molecule has 15 heavy (non-hydrogen) atoms. The Hall–Kier alpha value is -0.890. The van der Waals surface area contributed by atoms with Gasteiger partial charge >= 0.3 is 0 Å². The van der Waals surface area contributed by atoms with Gasteiger partial charge in [-0.1, -0.05) is 19.9 Å². The minimum Gasteiger partial charge on any atom is -0.242 e. The second-order valence-electron chi connectivity index (χ2n) is 3.97. The fraction of sp³-hybridized carbons (Fsp3) is 0.462. The molecule has 0 amide bonds. The first-order valence-electron chi connectivity index (χ1n) is 5.61. The predicted octanol–water partition coefficient (Wildman–Crippen LogP) is 4.51.